The summed E-state index contributed by atoms with van der Waals surface area (Å²) < 4.78 is 0. The van der Waals surface area contributed by atoms with Gasteiger partial charge >= 0.3 is 49.6 Å². The van der Waals surface area contributed by atoms with Crippen LogP contribution in [-0.2, 0) is 11.9 Å². The van der Waals surface area contributed by atoms with Crippen molar-refractivity contribution in [2.24, 2.45) is 0 Å². The van der Waals surface area contributed by atoms with Gasteiger partial charge in [0.15, 0.2) is 0 Å². The summed E-state index contributed by atoms with van der Waals surface area (Å²) in [5.74, 6) is 0.144. The molecule has 2 N–H and O–H groups in total. The van der Waals surface area contributed by atoms with Gasteiger partial charge in [0.1, 0.15) is 0 Å². The number of hydrogen-bond acceptors (Lipinski definition) is 4. The van der Waals surface area contributed by atoms with Gasteiger partial charge in [0.2, 0.25) is 11.8 Å². The molecule has 0 aliphatic heterocycles. The van der Waals surface area contributed by atoms with Crippen molar-refractivity contribution < 1.29 is 22.1 Å². The second kappa shape index (κ2) is 10.5. The molecule has 106 valence electrons. The molecule has 4 nitrogen and oxygen atoms in total. The van der Waals surface area contributed by atoms with Crippen LogP contribution in [0.15, 0.2) is 48.8 Å². The summed E-state index contributed by atoms with van der Waals surface area (Å²) in [5, 5.41) is 17.0. The van der Waals surface area contributed by atoms with Gasteiger partial charge in [0, 0.05) is 24.5 Å². The number of aromatic nitrogens is 2. The average molecular weight is 516 g/mol. The number of aromatic hydroxyl groups is 2. The van der Waals surface area contributed by atoms with E-state index in [-0.39, 0.29) is 11.8 Å². The molecule has 0 spiro atoms. The normalized spacial score (nSPS) is 10.3. The molecule has 2 aromatic heterocycles. The Morgan fingerprint density at radius 1 is 0.737 bits per heavy atom. The Morgan fingerprint density at radius 3 is 1.16 bits per heavy atom. The number of hydrogen-bond donors (Lipinski definition) is 2. The van der Waals surface area contributed by atoms with Gasteiger partial charge in [-0.15, -0.1) is 0 Å². The minimum absolute atomic E-state index is 0.0718. The van der Waals surface area contributed by atoms with E-state index in [1.807, 2.05) is 0 Å². The van der Waals surface area contributed by atoms with Crippen molar-refractivity contribution >= 4 is 37.7 Å². The molecule has 0 aliphatic rings. The Labute approximate surface area is 129 Å². The Hall–Kier alpha value is -0.252. The van der Waals surface area contributed by atoms with Gasteiger partial charge in [-0.25, -0.2) is 9.97 Å². The molecule has 0 atom stereocenters. The van der Waals surface area contributed by atoms with E-state index in [2.05, 4.69) is 9.97 Å². The fraction of sp³-hybridized carbons (Fsp3) is 0. The van der Waals surface area contributed by atoms with Gasteiger partial charge in [-0.05, 0) is 12.1 Å². The van der Waals surface area contributed by atoms with Crippen LogP contribution < -0.4 is 0 Å². The minimum atomic E-state index is -3.28. The van der Waals surface area contributed by atoms with Crippen LogP contribution in [0.2, 0.25) is 0 Å². The van der Waals surface area contributed by atoms with E-state index < -0.39 is 11.9 Å². The fourth-order valence-corrected chi connectivity index (χ4v) is 0.707. The first-order valence-electron chi connectivity index (χ1n) is 4.61. The van der Waals surface area contributed by atoms with E-state index in [4.69, 9.17) is 47.9 Å². The standard InChI is InChI=1S/2C5H5NO.4ClH.W/c2*7-5-3-1-2-4-6-5;;;;;/h2*1-4H,(H,6,7);4*1H;/q;;;;;;+4/p-4. The third-order valence-corrected chi connectivity index (χ3v) is 1.30. The van der Waals surface area contributed by atoms with E-state index in [0.29, 0.717) is 0 Å². The van der Waals surface area contributed by atoms with Crippen molar-refractivity contribution in [3.05, 3.63) is 48.8 Å². The summed E-state index contributed by atoms with van der Waals surface area (Å²) in [5.41, 5.74) is 0. The predicted octanol–water partition coefficient (Wildman–Crippen LogP) is 4.33. The van der Waals surface area contributed by atoms with E-state index in [9.17, 15) is 0 Å². The molecule has 0 saturated heterocycles. The molecule has 0 bridgehead atoms. The van der Waals surface area contributed by atoms with Crippen LogP contribution in [0.5, 0.6) is 11.8 Å². The number of rotatable bonds is 0. The van der Waals surface area contributed by atoms with Crippen molar-refractivity contribution in [3.63, 3.8) is 0 Å². The number of halogens is 4. The van der Waals surface area contributed by atoms with Crippen molar-refractivity contribution in [1.29, 1.82) is 0 Å². The molecule has 0 unspecified atom stereocenters. The maximum atomic E-state index is 8.52. The molecule has 19 heavy (non-hydrogen) atoms. The second-order valence-electron chi connectivity index (χ2n) is 2.73. The van der Waals surface area contributed by atoms with Gasteiger partial charge in [0.05, 0.1) is 0 Å². The molecule has 0 radical (unpaired) electrons. The first-order chi connectivity index (χ1) is 8.79. The topological polar surface area (TPSA) is 66.2 Å². The molecular formula is C10H10Cl4N2O2W. The Morgan fingerprint density at radius 2 is 1.05 bits per heavy atom. The van der Waals surface area contributed by atoms with Gasteiger partial charge in [-0.2, -0.15) is 0 Å². The second-order valence-corrected chi connectivity index (χ2v) is 28.2. The van der Waals surface area contributed by atoms with Crippen LogP contribution in [0.1, 0.15) is 0 Å². The van der Waals surface area contributed by atoms with E-state index in [0.717, 1.165) is 0 Å². The Balaban J connectivity index is 0.000000261. The summed E-state index contributed by atoms with van der Waals surface area (Å²) in [6, 6.07) is 10.0. The van der Waals surface area contributed by atoms with Crippen LogP contribution in [0.25, 0.3) is 0 Å². The van der Waals surface area contributed by atoms with E-state index in [1.165, 1.54) is 24.5 Å². The Bertz CT molecular complexity index is 399. The SMILES string of the molecule is Oc1ccccn1.Oc1ccccn1.[Cl][W]([Cl])([Cl])[Cl]. The first kappa shape index (κ1) is 18.7. The molecule has 0 fully saturated rings. The molecule has 0 amide bonds. The third kappa shape index (κ3) is 17.7. The van der Waals surface area contributed by atoms with Crippen molar-refractivity contribution in [2.75, 3.05) is 0 Å². The van der Waals surface area contributed by atoms with E-state index in [1.54, 1.807) is 24.3 Å². The van der Waals surface area contributed by atoms with Crippen LogP contribution in [-0.4, -0.2) is 20.2 Å². The Kier molecular flexibility index (Phi) is 10.4. The zero-order chi connectivity index (χ0) is 14.7. The predicted molar refractivity (Wildman–Crippen MR) is 75.2 cm³/mol. The monoisotopic (exact) mass is 514 g/mol. The molecule has 0 aliphatic carbocycles. The zero-order valence-corrected chi connectivity index (χ0v) is 15.3. The first-order valence-corrected chi connectivity index (χ1v) is 19.1. The zero-order valence-electron chi connectivity index (χ0n) is 9.33. The summed E-state index contributed by atoms with van der Waals surface area (Å²) in [7, 11) is 20.1. The van der Waals surface area contributed by atoms with Crippen LogP contribution >= 0.6 is 37.7 Å². The van der Waals surface area contributed by atoms with Gasteiger partial charge in [0.25, 0.3) is 0 Å². The summed E-state index contributed by atoms with van der Waals surface area (Å²) in [6.07, 6.45) is 3.07. The summed E-state index contributed by atoms with van der Waals surface area (Å²) >= 11 is -3.28. The molecule has 0 saturated carbocycles. The molecule has 9 heteroatoms. The van der Waals surface area contributed by atoms with Crippen LogP contribution in [0, 0.1) is 0 Å². The van der Waals surface area contributed by atoms with Gasteiger partial charge in [-0.1, -0.05) is 12.1 Å². The molecule has 2 aromatic rings. The molecule has 2 heterocycles. The van der Waals surface area contributed by atoms with Crippen molar-refractivity contribution in [3.8, 4) is 11.8 Å². The number of nitrogens with zero attached hydrogens (tertiary/aromatic N) is 2. The van der Waals surface area contributed by atoms with E-state index >= 15 is 0 Å². The van der Waals surface area contributed by atoms with Crippen molar-refractivity contribution in [2.45, 2.75) is 0 Å². The average Bonchev–Trinajstić information content (AvgIpc) is 2.29. The summed E-state index contributed by atoms with van der Waals surface area (Å²) in [6.45, 7) is 0. The third-order valence-electron chi connectivity index (χ3n) is 1.30. The molecule has 2 rings (SSSR count). The number of pyridine rings is 2. The maximum absolute atomic E-state index is 8.52. The van der Waals surface area contributed by atoms with Gasteiger partial charge < -0.3 is 10.2 Å². The van der Waals surface area contributed by atoms with Crippen LogP contribution in [0.3, 0.4) is 0 Å². The quantitative estimate of drug-likeness (QED) is 0.548. The molecular weight excluding hydrogens is 506 g/mol. The van der Waals surface area contributed by atoms with Crippen LogP contribution in [0.4, 0.5) is 0 Å². The fourth-order valence-electron chi connectivity index (χ4n) is 0.707. The summed E-state index contributed by atoms with van der Waals surface area (Å²) in [4.78, 5) is 7.07. The van der Waals surface area contributed by atoms with Gasteiger partial charge in [-0.3, -0.25) is 0 Å². The van der Waals surface area contributed by atoms with Crippen molar-refractivity contribution in [1.82, 2.24) is 9.97 Å². The molecule has 0 aromatic carbocycles.